The summed E-state index contributed by atoms with van der Waals surface area (Å²) in [5.41, 5.74) is 0. The zero-order valence-electron chi connectivity index (χ0n) is 10.6. The molecule has 6 heteroatoms. The van der Waals surface area contributed by atoms with Gasteiger partial charge in [0.05, 0.1) is 5.92 Å². The van der Waals surface area contributed by atoms with Gasteiger partial charge >= 0.3 is 12.0 Å². The summed E-state index contributed by atoms with van der Waals surface area (Å²) in [4.78, 5) is 24.4. The second kappa shape index (κ2) is 5.38. The van der Waals surface area contributed by atoms with Crippen molar-refractivity contribution in [3.05, 3.63) is 0 Å². The number of hydrogen-bond donors (Lipinski definition) is 2. The van der Waals surface area contributed by atoms with Gasteiger partial charge in [-0.15, -0.1) is 0 Å². The molecule has 2 aliphatic rings. The van der Waals surface area contributed by atoms with Crippen LogP contribution in [0.3, 0.4) is 0 Å². The number of aliphatic carboxylic acids is 1. The van der Waals surface area contributed by atoms with Crippen LogP contribution in [0.1, 0.15) is 25.7 Å². The number of carboxylic acids is 1. The SMILES string of the molecule is CSC1(CNC(=O)N2CCC(C(=O)O)C2)CCC1. The van der Waals surface area contributed by atoms with Gasteiger partial charge in [0.25, 0.3) is 0 Å². The minimum absolute atomic E-state index is 0.112. The summed E-state index contributed by atoms with van der Waals surface area (Å²) in [5, 5.41) is 11.8. The van der Waals surface area contributed by atoms with E-state index in [4.69, 9.17) is 5.11 Å². The van der Waals surface area contributed by atoms with Gasteiger partial charge in [0.15, 0.2) is 0 Å². The van der Waals surface area contributed by atoms with Crippen LogP contribution >= 0.6 is 11.8 Å². The van der Waals surface area contributed by atoms with E-state index in [1.807, 2.05) is 11.8 Å². The van der Waals surface area contributed by atoms with Crippen LogP contribution in [0.4, 0.5) is 4.79 Å². The third kappa shape index (κ3) is 2.74. The quantitative estimate of drug-likeness (QED) is 0.811. The Morgan fingerprint density at radius 2 is 2.22 bits per heavy atom. The fourth-order valence-electron chi connectivity index (χ4n) is 2.52. The van der Waals surface area contributed by atoms with Crippen LogP contribution in [0.2, 0.25) is 0 Å². The molecule has 0 aromatic rings. The first-order valence-corrected chi connectivity index (χ1v) is 7.59. The summed E-state index contributed by atoms with van der Waals surface area (Å²) in [5.74, 6) is -1.20. The summed E-state index contributed by atoms with van der Waals surface area (Å²) in [6.45, 7) is 1.59. The van der Waals surface area contributed by atoms with Crippen molar-refractivity contribution in [1.29, 1.82) is 0 Å². The van der Waals surface area contributed by atoms with Crippen molar-refractivity contribution < 1.29 is 14.7 Å². The van der Waals surface area contributed by atoms with Crippen LogP contribution in [-0.2, 0) is 4.79 Å². The molecule has 2 amide bonds. The number of rotatable bonds is 4. The van der Waals surface area contributed by atoms with Crippen molar-refractivity contribution in [2.24, 2.45) is 5.92 Å². The number of carbonyl (C=O) groups excluding carboxylic acids is 1. The molecule has 0 bridgehead atoms. The molecular weight excluding hydrogens is 252 g/mol. The lowest BCUT2D eigenvalue weighted by atomic mass is 9.84. The third-order valence-corrected chi connectivity index (χ3v) is 5.50. The van der Waals surface area contributed by atoms with Crippen LogP contribution in [0.25, 0.3) is 0 Å². The predicted molar refractivity (Wildman–Crippen MR) is 70.8 cm³/mol. The largest absolute Gasteiger partial charge is 0.481 e. The molecule has 102 valence electrons. The molecule has 0 aromatic carbocycles. The topological polar surface area (TPSA) is 69.6 Å². The number of carbonyl (C=O) groups is 2. The zero-order valence-corrected chi connectivity index (χ0v) is 11.5. The highest BCUT2D eigenvalue weighted by atomic mass is 32.2. The van der Waals surface area contributed by atoms with Crippen molar-refractivity contribution in [1.82, 2.24) is 10.2 Å². The molecule has 1 heterocycles. The number of thioether (sulfide) groups is 1. The number of hydrogen-bond acceptors (Lipinski definition) is 3. The van der Waals surface area contributed by atoms with Gasteiger partial charge in [-0.3, -0.25) is 4.79 Å². The molecule has 18 heavy (non-hydrogen) atoms. The highest BCUT2D eigenvalue weighted by molar-refractivity contribution is 8.00. The lowest BCUT2D eigenvalue weighted by Gasteiger charge is -2.40. The summed E-state index contributed by atoms with van der Waals surface area (Å²) in [7, 11) is 0. The summed E-state index contributed by atoms with van der Waals surface area (Å²) >= 11 is 1.82. The lowest BCUT2D eigenvalue weighted by Crippen LogP contribution is -2.48. The van der Waals surface area contributed by atoms with Crippen molar-refractivity contribution in [2.45, 2.75) is 30.4 Å². The molecule has 1 atom stereocenters. The maximum Gasteiger partial charge on any atom is 0.317 e. The number of nitrogens with zero attached hydrogens (tertiary/aromatic N) is 1. The number of likely N-dealkylation sites (tertiary alicyclic amines) is 1. The molecular formula is C12H20N2O3S. The average molecular weight is 272 g/mol. The van der Waals surface area contributed by atoms with Gasteiger partial charge in [0, 0.05) is 24.4 Å². The molecule has 1 saturated heterocycles. The molecule has 1 aliphatic carbocycles. The second-order valence-electron chi connectivity index (χ2n) is 5.17. The minimum Gasteiger partial charge on any atom is -0.481 e. The fraction of sp³-hybridized carbons (Fsp3) is 0.833. The van der Waals surface area contributed by atoms with Gasteiger partial charge in [-0.05, 0) is 25.5 Å². The van der Waals surface area contributed by atoms with E-state index in [-0.39, 0.29) is 10.8 Å². The Morgan fingerprint density at radius 3 is 2.67 bits per heavy atom. The Balaban J connectivity index is 1.77. The summed E-state index contributed by atoms with van der Waals surface area (Å²) in [6.07, 6.45) is 6.21. The van der Waals surface area contributed by atoms with Crippen LogP contribution in [0.5, 0.6) is 0 Å². The number of urea groups is 1. The first-order valence-electron chi connectivity index (χ1n) is 6.37. The van der Waals surface area contributed by atoms with E-state index < -0.39 is 11.9 Å². The first-order chi connectivity index (χ1) is 8.56. The van der Waals surface area contributed by atoms with E-state index in [1.54, 1.807) is 4.90 Å². The average Bonchev–Trinajstić information content (AvgIpc) is 2.77. The summed E-state index contributed by atoms with van der Waals surface area (Å²) < 4.78 is 0.224. The van der Waals surface area contributed by atoms with Crippen molar-refractivity contribution >= 4 is 23.8 Å². The second-order valence-corrected chi connectivity index (χ2v) is 6.44. The van der Waals surface area contributed by atoms with Crippen LogP contribution in [-0.4, -0.2) is 52.6 Å². The molecule has 2 rings (SSSR count). The Bertz CT molecular complexity index is 339. The number of carboxylic acid groups (broad SMARTS) is 1. The Hall–Kier alpha value is -0.910. The predicted octanol–water partition coefficient (Wildman–Crippen LogP) is 1.39. The Labute approximate surface area is 111 Å². The minimum atomic E-state index is -0.801. The smallest absolute Gasteiger partial charge is 0.317 e. The van der Waals surface area contributed by atoms with Gasteiger partial charge in [-0.1, -0.05) is 6.42 Å². The van der Waals surface area contributed by atoms with Crippen molar-refractivity contribution in [2.75, 3.05) is 25.9 Å². The Kier molecular flexibility index (Phi) is 4.04. The van der Waals surface area contributed by atoms with Gasteiger partial charge in [0.1, 0.15) is 0 Å². The maximum atomic E-state index is 11.9. The fourth-order valence-corrected chi connectivity index (χ4v) is 3.43. The monoisotopic (exact) mass is 272 g/mol. The van der Waals surface area contributed by atoms with E-state index in [0.717, 1.165) is 12.8 Å². The number of nitrogens with one attached hydrogen (secondary N) is 1. The highest BCUT2D eigenvalue weighted by Crippen LogP contribution is 2.42. The maximum absolute atomic E-state index is 11.9. The molecule has 1 aliphatic heterocycles. The number of amides is 2. The molecule has 5 nitrogen and oxygen atoms in total. The summed E-state index contributed by atoms with van der Waals surface area (Å²) in [6, 6.07) is -0.112. The highest BCUT2D eigenvalue weighted by Gasteiger charge is 2.37. The van der Waals surface area contributed by atoms with E-state index in [2.05, 4.69) is 11.6 Å². The molecule has 2 N–H and O–H groups in total. The van der Waals surface area contributed by atoms with E-state index >= 15 is 0 Å². The standard InChI is InChI=1S/C12H20N2O3S/c1-18-12(4-2-5-12)8-13-11(17)14-6-3-9(7-14)10(15)16/h9H,2-8H2,1H3,(H,13,17)(H,15,16). The molecule has 2 fully saturated rings. The van der Waals surface area contributed by atoms with Gasteiger partial charge in [-0.2, -0.15) is 11.8 Å². The molecule has 0 radical (unpaired) electrons. The van der Waals surface area contributed by atoms with E-state index in [9.17, 15) is 9.59 Å². The van der Waals surface area contributed by atoms with Crippen LogP contribution in [0.15, 0.2) is 0 Å². The van der Waals surface area contributed by atoms with Crippen LogP contribution in [0, 0.1) is 5.92 Å². The molecule has 0 aromatic heterocycles. The van der Waals surface area contributed by atoms with E-state index in [1.165, 1.54) is 6.42 Å². The molecule has 1 unspecified atom stereocenters. The van der Waals surface area contributed by atoms with E-state index in [0.29, 0.717) is 26.1 Å². The lowest BCUT2D eigenvalue weighted by molar-refractivity contribution is -0.141. The third-order valence-electron chi connectivity index (χ3n) is 4.08. The van der Waals surface area contributed by atoms with Crippen LogP contribution < -0.4 is 5.32 Å². The first kappa shape index (κ1) is 13.5. The Morgan fingerprint density at radius 1 is 1.50 bits per heavy atom. The van der Waals surface area contributed by atoms with Crippen molar-refractivity contribution in [3.63, 3.8) is 0 Å². The van der Waals surface area contributed by atoms with Gasteiger partial charge in [0.2, 0.25) is 0 Å². The molecule has 0 spiro atoms. The van der Waals surface area contributed by atoms with Crippen molar-refractivity contribution in [3.8, 4) is 0 Å². The zero-order chi connectivity index (χ0) is 13.2. The van der Waals surface area contributed by atoms with Gasteiger partial charge in [-0.25, -0.2) is 4.79 Å². The molecule has 1 saturated carbocycles. The van der Waals surface area contributed by atoms with Gasteiger partial charge < -0.3 is 15.3 Å². The normalized spacial score (nSPS) is 25.6.